The van der Waals surface area contributed by atoms with Crippen LogP contribution in [0.5, 0.6) is 0 Å². The zero-order valence-electron chi connectivity index (χ0n) is 22.2. The van der Waals surface area contributed by atoms with Crippen molar-refractivity contribution in [1.82, 2.24) is 10.6 Å². The van der Waals surface area contributed by atoms with Gasteiger partial charge in [-0.25, -0.2) is 19.2 Å². The zero-order chi connectivity index (χ0) is 28.7. The van der Waals surface area contributed by atoms with E-state index in [1.54, 1.807) is 57.2 Å². The van der Waals surface area contributed by atoms with E-state index in [9.17, 15) is 19.2 Å². The molecule has 0 aliphatic heterocycles. The van der Waals surface area contributed by atoms with Crippen molar-refractivity contribution in [3.05, 3.63) is 71.8 Å². The van der Waals surface area contributed by atoms with Crippen molar-refractivity contribution in [2.45, 2.75) is 58.5 Å². The number of benzene rings is 2. The molecule has 4 N–H and O–H groups in total. The molecular weight excluding hydrogens is 508 g/mol. The van der Waals surface area contributed by atoms with Crippen LogP contribution >= 0.6 is 0 Å². The van der Waals surface area contributed by atoms with Crippen molar-refractivity contribution in [1.29, 1.82) is 0 Å². The minimum atomic E-state index is -1.23. The number of rotatable bonds is 10. The van der Waals surface area contributed by atoms with Crippen LogP contribution in [0.15, 0.2) is 65.7 Å². The number of esters is 1. The summed E-state index contributed by atoms with van der Waals surface area (Å²) < 4.78 is 20.0. The summed E-state index contributed by atoms with van der Waals surface area (Å²) in [4.78, 5) is 52.7. The summed E-state index contributed by atoms with van der Waals surface area (Å²) in [5.41, 5.74) is 6.41. The lowest BCUT2D eigenvalue weighted by Crippen LogP contribution is -2.45. The minimum Gasteiger partial charge on any atom is -0.444 e. The van der Waals surface area contributed by atoms with Gasteiger partial charge in [0.05, 0.1) is 0 Å². The molecule has 1 atom stereocenters. The number of ether oxygens (including phenoxy) is 4. The molecule has 210 valence electrons. The monoisotopic (exact) mass is 542 g/mol. The maximum Gasteiger partial charge on any atom is 0.516 e. The molecule has 0 bridgehead atoms. The Labute approximate surface area is 226 Å². The Morgan fingerprint density at radius 3 is 2.00 bits per heavy atom. The first-order chi connectivity index (χ1) is 18.5. The number of alkyl carbamates (subject to hydrolysis) is 2. The van der Waals surface area contributed by atoms with Gasteiger partial charge in [-0.2, -0.15) is 0 Å². The molecule has 0 spiro atoms. The highest BCUT2D eigenvalue weighted by Crippen LogP contribution is 2.09. The molecule has 0 saturated carbocycles. The van der Waals surface area contributed by atoms with E-state index < -0.39 is 36.0 Å². The normalized spacial score (nSPS) is 12.0. The number of carbonyl (C=O) groups excluding carboxylic acids is 4. The van der Waals surface area contributed by atoms with Gasteiger partial charge in [0.15, 0.2) is 5.96 Å². The average molecular weight is 543 g/mol. The fraction of sp³-hybridized carbons (Fsp3) is 0.370. The van der Waals surface area contributed by atoms with Crippen LogP contribution in [-0.2, 0) is 37.0 Å². The van der Waals surface area contributed by atoms with Gasteiger partial charge in [-0.3, -0.25) is 10.3 Å². The largest absolute Gasteiger partial charge is 0.516 e. The van der Waals surface area contributed by atoms with E-state index in [0.717, 1.165) is 5.56 Å². The van der Waals surface area contributed by atoms with Crippen molar-refractivity contribution in [2.24, 2.45) is 10.7 Å². The molecule has 39 heavy (non-hydrogen) atoms. The van der Waals surface area contributed by atoms with Crippen molar-refractivity contribution < 1.29 is 38.1 Å². The number of aliphatic imine (C=N–C) groups is 1. The molecule has 2 aromatic rings. The van der Waals surface area contributed by atoms with Gasteiger partial charge in [-0.1, -0.05) is 60.7 Å². The predicted octanol–water partition coefficient (Wildman–Crippen LogP) is 3.78. The fourth-order valence-electron chi connectivity index (χ4n) is 3.00. The Balaban J connectivity index is 1.85. The van der Waals surface area contributed by atoms with E-state index >= 15 is 0 Å². The first-order valence-electron chi connectivity index (χ1n) is 12.2. The Bertz CT molecular complexity index is 1120. The molecule has 0 unspecified atom stereocenters. The minimum absolute atomic E-state index is 0.0271. The zero-order valence-corrected chi connectivity index (χ0v) is 22.2. The van der Waals surface area contributed by atoms with Gasteiger partial charge in [0.1, 0.15) is 24.9 Å². The molecule has 0 radical (unpaired) electrons. The molecule has 0 saturated heterocycles. The van der Waals surface area contributed by atoms with Crippen LogP contribution in [0.3, 0.4) is 0 Å². The average Bonchev–Trinajstić information content (AvgIpc) is 2.88. The number of hydrogen-bond acceptors (Lipinski definition) is 9. The number of guanidine groups is 1. The van der Waals surface area contributed by atoms with Crippen molar-refractivity contribution in [2.75, 3.05) is 6.54 Å². The quantitative estimate of drug-likeness (QED) is 0.101. The Morgan fingerprint density at radius 1 is 0.872 bits per heavy atom. The van der Waals surface area contributed by atoms with E-state index in [-0.39, 0.29) is 38.6 Å². The van der Waals surface area contributed by atoms with E-state index in [0.29, 0.717) is 5.56 Å². The molecule has 12 nitrogen and oxygen atoms in total. The predicted molar refractivity (Wildman–Crippen MR) is 141 cm³/mol. The molecule has 0 fully saturated rings. The standard InChI is InChI=1S/C27H34N4O8/c1-27(2,3)39-25(34)30-21(22(32)38-26(35)37-18-20-13-8-5-9-14-20)15-10-16-29-23(28)31-24(33)36-17-19-11-6-4-7-12-19/h4-9,11-14,21H,10,15-18H2,1-3H3,(H,30,34)(H3,28,29,31,33)/t21-/m1/s1. The van der Waals surface area contributed by atoms with Crippen molar-refractivity contribution >= 4 is 30.3 Å². The number of carbonyl (C=O) groups is 4. The number of nitrogens with two attached hydrogens (primary N) is 1. The lowest BCUT2D eigenvalue weighted by Gasteiger charge is -2.22. The third-order valence-corrected chi connectivity index (χ3v) is 4.73. The lowest BCUT2D eigenvalue weighted by molar-refractivity contribution is -0.142. The first-order valence-corrected chi connectivity index (χ1v) is 12.2. The summed E-state index contributed by atoms with van der Waals surface area (Å²) in [5, 5.41) is 4.69. The van der Waals surface area contributed by atoms with Crippen LogP contribution in [0.1, 0.15) is 44.7 Å². The maximum absolute atomic E-state index is 12.6. The van der Waals surface area contributed by atoms with Crippen LogP contribution in [0.4, 0.5) is 14.4 Å². The van der Waals surface area contributed by atoms with E-state index in [1.807, 2.05) is 24.3 Å². The topological polar surface area (TPSA) is 168 Å². The smallest absolute Gasteiger partial charge is 0.444 e. The molecule has 0 aromatic heterocycles. The maximum atomic E-state index is 12.6. The molecule has 12 heteroatoms. The second-order valence-electron chi connectivity index (χ2n) is 9.24. The third kappa shape index (κ3) is 13.5. The Hall–Kier alpha value is -4.61. The molecule has 2 amide bonds. The van der Waals surface area contributed by atoms with Gasteiger partial charge in [-0.15, -0.1) is 0 Å². The number of amides is 2. The van der Waals surface area contributed by atoms with Gasteiger partial charge in [-0.05, 0) is 44.7 Å². The summed E-state index contributed by atoms with van der Waals surface area (Å²) in [6.07, 6.45) is -2.59. The van der Waals surface area contributed by atoms with Gasteiger partial charge in [0, 0.05) is 6.54 Å². The second-order valence-corrected chi connectivity index (χ2v) is 9.24. The molecule has 0 aliphatic rings. The van der Waals surface area contributed by atoms with Crippen LogP contribution in [-0.4, -0.2) is 48.5 Å². The highest BCUT2D eigenvalue weighted by molar-refractivity contribution is 5.92. The highest BCUT2D eigenvalue weighted by Gasteiger charge is 2.27. The number of nitrogens with one attached hydrogen (secondary N) is 2. The SMILES string of the molecule is CC(C)(C)OC(=O)N[C@H](CCCN=C(N)NC(=O)OCc1ccccc1)C(=O)OC(=O)OCc1ccccc1. The fourth-order valence-corrected chi connectivity index (χ4v) is 3.00. The number of nitrogens with zero attached hydrogens (tertiary/aromatic N) is 1. The van der Waals surface area contributed by atoms with Gasteiger partial charge in [0.2, 0.25) is 0 Å². The summed E-state index contributed by atoms with van der Waals surface area (Å²) >= 11 is 0. The first kappa shape index (κ1) is 30.6. The summed E-state index contributed by atoms with van der Waals surface area (Å²) in [6.45, 7) is 5.05. The van der Waals surface area contributed by atoms with E-state index in [4.69, 9.17) is 24.7 Å². The third-order valence-electron chi connectivity index (χ3n) is 4.73. The van der Waals surface area contributed by atoms with Crippen LogP contribution in [0.2, 0.25) is 0 Å². The van der Waals surface area contributed by atoms with E-state index in [2.05, 4.69) is 15.6 Å². The summed E-state index contributed by atoms with van der Waals surface area (Å²) in [7, 11) is 0. The molecular formula is C27H34N4O8. The molecule has 0 heterocycles. The van der Waals surface area contributed by atoms with Gasteiger partial charge < -0.3 is 30.0 Å². The van der Waals surface area contributed by atoms with Crippen LogP contribution < -0.4 is 16.4 Å². The Morgan fingerprint density at radius 2 is 1.44 bits per heavy atom. The Kier molecular flexibility index (Phi) is 12.2. The van der Waals surface area contributed by atoms with Gasteiger partial charge >= 0.3 is 24.3 Å². The van der Waals surface area contributed by atoms with Crippen LogP contribution in [0, 0.1) is 0 Å². The second kappa shape index (κ2) is 15.6. The van der Waals surface area contributed by atoms with Crippen molar-refractivity contribution in [3.63, 3.8) is 0 Å². The summed E-state index contributed by atoms with van der Waals surface area (Å²) in [6, 6.07) is 16.7. The van der Waals surface area contributed by atoms with Crippen LogP contribution in [0.25, 0.3) is 0 Å². The highest BCUT2D eigenvalue weighted by atomic mass is 16.7. The van der Waals surface area contributed by atoms with Gasteiger partial charge in [0.25, 0.3) is 0 Å². The molecule has 2 rings (SSSR count). The molecule has 0 aliphatic carbocycles. The number of hydrogen-bond donors (Lipinski definition) is 3. The van der Waals surface area contributed by atoms with E-state index in [1.165, 1.54) is 0 Å². The molecule has 2 aromatic carbocycles. The lowest BCUT2D eigenvalue weighted by atomic mass is 10.1. The summed E-state index contributed by atoms with van der Waals surface area (Å²) in [5.74, 6) is -1.21. The van der Waals surface area contributed by atoms with Crippen molar-refractivity contribution in [3.8, 4) is 0 Å².